The number of aliphatic imine (C=N–C) groups is 1. The topological polar surface area (TPSA) is 79.0 Å². The van der Waals surface area contributed by atoms with Gasteiger partial charge in [0.1, 0.15) is 17.6 Å². The fourth-order valence-corrected chi connectivity index (χ4v) is 5.17. The van der Waals surface area contributed by atoms with Gasteiger partial charge in [0.2, 0.25) is 0 Å². The molecule has 4 unspecified atom stereocenters. The number of hydrogen-bond donors (Lipinski definition) is 3. The number of nitrogens with one attached hydrogen (secondary N) is 2. The van der Waals surface area contributed by atoms with E-state index >= 15 is 0 Å². The third-order valence-corrected chi connectivity index (χ3v) is 6.35. The Morgan fingerprint density at radius 1 is 1.40 bits per heavy atom. The van der Waals surface area contributed by atoms with Crippen LogP contribution in [0.15, 0.2) is 21.5 Å². The lowest BCUT2D eigenvalue weighted by atomic mass is 9.54. The average Bonchev–Trinajstić information content (AvgIpc) is 3.34. The summed E-state index contributed by atoms with van der Waals surface area (Å²) in [5.41, 5.74) is 0.287. The van der Waals surface area contributed by atoms with Gasteiger partial charge in [-0.1, -0.05) is 12.8 Å². The largest absolute Gasteiger partial charge is 0.464 e. The van der Waals surface area contributed by atoms with E-state index in [9.17, 15) is 5.11 Å². The molecular formula is C19H29N3O3. The molecule has 4 atom stereocenters. The lowest BCUT2D eigenvalue weighted by Gasteiger charge is -2.57. The number of fused-ring (bicyclic) bond motifs is 2. The van der Waals surface area contributed by atoms with Crippen LogP contribution in [-0.4, -0.2) is 43.4 Å². The first kappa shape index (κ1) is 16.9. The fourth-order valence-electron chi connectivity index (χ4n) is 5.17. The summed E-state index contributed by atoms with van der Waals surface area (Å²) < 4.78 is 11.5. The molecule has 1 aliphatic heterocycles. The van der Waals surface area contributed by atoms with Crippen molar-refractivity contribution in [2.75, 3.05) is 20.2 Å². The zero-order chi connectivity index (χ0) is 17.4. The van der Waals surface area contributed by atoms with Crippen LogP contribution in [0.3, 0.4) is 0 Å². The summed E-state index contributed by atoms with van der Waals surface area (Å²) in [6.45, 7) is 3.14. The van der Waals surface area contributed by atoms with Crippen LogP contribution in [0.2, 0.25) is 0 Å². The standard InChI is InChI=1S/C19H29N3O3/c1-12-5-6-15(25-12)14(23)11-21-18(20-2)22-16-13-7-10-24-17(13)19(16)8-3-4-9-19/h5-6,13-14,16-17,23H,3-4,7-11H2,1-2H3,(H2,20,21,22). The second-order valence-corrected chi connectivity index (χ2v) is 7.72. The smallest absolute Gasteiger partial charge is 0.191 e. The lowest BCUT2D eigenvalue weighted by Crippen LogP contribution is -2.69. The highest BCUT2D eigenvalue weighted by Crippen LogP contribution is 2.60. The third kappa shape index (κ3) is 2.85. The molecule has 2 aliphatic carbocycles. The predicted octanol–water partition coefficient (Wildman–Crippen LogP) is 2.13. The van der Waals surface area contributed by atoms with Crippen molar-refractivity contribution >= 4 is 5.96 Å². The third-order valence-electron chi connectivity index (χ3n) is 6.35. The van der Waals surface area contributed by atoms with E-state index in [1.807, 2.05) is 19.1 Å². The van der Waals surface area contributed by atoms with E-state index in [1.165, 1.54) is 25.7 Å². The Balaban J connectivity index is 1.37. The Hall–Kier alpha value is -1.53. The summed E-state index contributed by atoms with van der Waals surface area (Å²) >= 11 is 0. The number of guanidine groups is 1. The summed E-state index contributed by atoms with van der Waals surface area (Å²) in [5.74, 6) is 2.74. The maximum absolute atomic E-state index is 10.3. The van der Waals surface area contributed by atoms with Gasteiger partial charge in [0, 0.05) is 31.0 Å². The predicted molar refractivity (Wildman–Crippen MR) is 95.4 cm³/mol. The van der Waals surface area contributed by atoms with Crippen molar-refractivity contribution in [1.82, 2.24) is 10.6 Å². The second-order valence-electron chi connectivity index (χ2n) is 7.72. The second kappa shape index (κ2) is 6.65. The van der Waals surface area contributed by atoms with E-state index in [0.717, 1.165) is 24.7 Å². The minimum atomic E-state index is -0.684. The van der Waals surface area contributed by atoms with Crippen LogP contribution in [0.4, 0.5) is 0 Å². The van der Waals surface area contributed by atoms with Gasteiger partial charge in [-0.05, 0) is 38.3 Å². The number of furan rings is 1. The van der Waals surface area contributed by atoms with Gasteiger partial charge in [0.05, 0.1) is 12.6 Å². The number of hydrogen-bond acceptors (Lipinski definition) is 4. The molecule has 3 aliphatic rings. The maximum Gasteiger partial charge on any atom is 0.191 e. The SMILES string of the molecule is CN=C(NCC(O)c1ccc(C)o1)NC1C2CCOC2C12CCCC2. The van der Waals surface area contributed by atoms with Crippen molar-refractivity contribution in [1.29, 1.82) is 0 Å². The molecule has 0 amide bonds. The van der Waals surface area contributed by atoms with Gasteiger partial charge in [-0.2, -0.15) is 0 Å². The molecule has 2 saturated carbocycles. The monoisotopic (exact) mass is 347 g/mol. The van der Waals surface area contributed by atoms with Gasteiger partial charge in [-0.15, -0.1) is 0 Å². The number of rotatable bonds is 4. The van der Waals surface area contributed by atoms with Gasteiger partial charge in [0.25, 0.3) is 0 Å². The Kier molecular flexibility index (Phi) is 4.50. The molecule has 138 valence electrons. The molecule has 6 nitrogen and oxygen atoms in total. The van der Waals surface area contributed by atoms with Crippen molar-refractivity contribution in [2.24, 2.45) is 16.3 Å². The molecule has 1 aromatic heterocycles. The number of ether oxygens (including phenoxy) is 1. The van der Waals surface area contributed by atoms with Gasteiger partial charge in [0.15, 0.2) is 5.96 Å². The Labute approximate surface area is 149 Å². The first-order valence-corrected chi connectivity index (χ1v) is 9.47. The summed E-state index contributed by atoms with van der Waals surface area (Å²) in [6.07, 6.45) is 5.98. The van der Waals surface area contributed by atoms with Gasteiger partial charge in [-0.25, -0.2) is 0 Å². The Morgan fingerprint density at radius 2 is 2.20 bits per heavy atom. The van der Waals surface area contributed by atoms with Crippen molar-refractivity contribution in [3.63, 3.8) is 0 Å². The number of aliphatic hydroxyl groups is 1. The molecule has 1 spiro atoms. The van der Waals surface area contributed by atoms with Crippen LogP contribution in [0.5, 0.6) is 0 Å². The van der Waals surface area contributed by atoms with Crippen LogP contribution in [-0.2, 0) is 4.74 Å². The van der Waals surface area contributed by atoms with Crippen molar-refractivity contribution < 1.29 is 14.3 Å². The van der Waals surface area contributed by atoms with E-state index in [0.29, 0.717) is 30.4 Å². The summed E-state index contributed by atoms with van der Waals surface area (Å²) in [6, 6.07) is 4.11. The highest BCUT2D eigenvalue weighted by atomic mass is 16.5. The van der Waals surface area contributed by atoms with Crippen molar-refractivity contribution in [2.45, 2.75) is 57.3 Å². The molecule has 0 radical (unpaired) electrons. The van der Waals surface area contributed by atoms with Crippen molar-refractivity contribution in [3.05, 3.63) is 23.7 Å². The zero-order valence-corrected chi connectivity index (χ0v) is 15.1. The van der Waals surface area contributed by atoms with E-state index in [-0.39, 0.29) is 5.41 Å². The highest BCUT2D eigenvalue weighted by Gasteiger charge is 2.65. The summed E-state index contributed by atoms with van der Waals surface area (Å²) in [4.78, 5) is 4.36. The number of aryl methyl sites for hydroxylation is 1. The zero-order valence-electron chi connectivity index (χ0n) is 15.1. The molecule has 25 heavy (non-hydrogen) atoms. The van der Waals surface area contributed by atoms with Gasteiger partial charge >= 0.3 is 0 Å². The molecule has 3 N–H and O–H groups in total. The molecule has 4 rings (SSSR count). The van der Waals surface area contributed by atoms with Crippen LogP contribution in [0, 0.1) is 18.3 Å². The summed E-state index contributed by atoms with van der Waals surface area (Å²) in [5, 5.41) is 17.2. The number of aliphatic hydroxyl groups excluding tert-OH is 1. The maximum atomic E-state index is 10.3. The molecule has 0 bridgehead atoms. The first-order valence-electron chi connectivity index (χ1n) is 9.47. The quantitative estimate of drug-likeness (QED) is 0.574. The molecule has 2 heterocycles. The minimum absolute atomic E-state index is 0.287. The van der Waals surface area contributed by atoms with Gasteiger partial charge < -0.3 is 24.9 Å². The van der Waals surface area contributed by atoms with Crippen molar-refractivity contribution in [3.8, 4) is 0 Å². The number of nitrogens with zero attached hydrogens (tertiary/aromatic N) is 1. The Morgan fingerprint density at radius 3 is 2.88 bits per heavy atom. The summed E-state index contributed by atoms with van der Waals surface area (Å²) in [7, 11) is 1.78. The van der Waals surface area contributed by atoms with E-state index in [2.05, 4.69) is 15.6 Å². The molecule has 3 fully saturated rings. The van der Waals surface area contributed by atoms with Crippen LogP contribution in [0.25, 0.3) is 0 Å². The Bertz CT molecular complexity index is 636. The first-order chi connectivity index (χ1) is 12.1. The van der Waals surface area contributed by atoms with E-state index < -0.39 is 6.10 Å². The lowest BCUT2D eigenvalue weighted by molar-refractivity contribution is -0.125. The van der Waals surface area contributed by atoms with Crippen LogP contribution in [0.1, 0.15) is 49.7 Å². The van der Waals surface area contributed by atoms with E-state index in [4.69, 9.17) is 9.15 Å². The fraction of sp³-hybridized carbons (Fsp3) is 0.737. The average molecular weight is 347 g/mol. The minimum Gasteiger partial charge on any atom is -0.464 e. The van der Waals surface area contributed by atoms with Gasteiger partial charge in [-0.3, -0.25) is 4.99 Å². The molecular weight excluding hydrogens is 318 g/mol. The highest BCUT2D eigenvalue weighted by molar-refractivity contribution is 5.80. The van der Waals surface area contributed by atoms with Crippen LogP contribution >= 0.6 is 0 Å². The molecule has 0 aromatic carbocycles. The van der Waals surface area contributed by atoms with E-state index in [1.54, 1.807) is 7.05 Å². The molecule has 1 saturated heterocycles. The normalized spacial score (nSPS) is 31.6. The molecule has 1 aromatic rings. The molecule has 6 heteroatoms. The van der Waals surface area contributed by atoms with Crippen LogP contribution < -0.4 is 10.6 Å².